The first-order valence-corrected chi connectivity index (χ1v) is 9.68. The van der Waals surface area contributed by atoms with E-state index in [0.717, 1.165) is 22.6 Å². The van der Waals surface area contributed by atoms with Crippen molar-refractivity contribution in [3.8, 4) is 0 Å². The lowest BCUT2D eigenvalue weighted by Gasteiger charge is -2.06. The highest BCUT2D eigenvalue weighted by atomic mass is 35.5. The number of hydrogen-bond donors (Lipinski definition) is 0. The van der Waals surface area contributed by atoms with Crippen LogP contribution in [0.15, 0.2) is 36.4 Å². The molecular weight excluding hydrogens is 374 g/mol. The van der Waals surface area contributed by atoms with Gasteiger partial charge in [0.1, 0.15) is 0 Å². The first kappa shape index (κ1) is 16.7. The van der Waals surface area contributed by atoms with Crippen molar-refractivity contribution in [2.24, 2.45) is 0 Å². The second-order valence-electron chi connectivity index (χ2n) is 4.00. The fourth-order valence-electron chi connectivity index (χ4n) is 1.49. The molecule has 0 spiro atoms. The Labute approximate surface area is 146 Å². The van der Waals surface area contributed by atoms with Gasteiger partial charge in [-0.1, -0.05) is 80.1 Å². The molecule has 0 aliphatic heterocycles. The van der Waals surface area contributed by atoms with E-state index in [1.165, 1.54) is 0 Å². The van der Waals surface area contributed by atoms with Crippen molar-refractivity contribution in [2.45, 2.75) is 11.5 Å². The molecule has 6 heteroatoms. The summed E-state index contributed by atoms with van der Waals surface area (Å²) in [6, 6.07) is 11.1. The molecule has 0 aliphatic rings. The van der Waals surface area contributed by atoms with Crippen LogP contribution in [0.4, 0.5) is 0 Å². The number of benzene rings is 2. The molecule has 0 heterocycles. The van der Waals surface area contributed by atoms with E-state index >= 15 is 0 Å². The summed E-state index contributed by atoms with van der Waals surface area (Å²) < 4.78 is 0. The maximum absolute atomic E-state index is 6.13. The van der Waals surface area contributed by atoms with Crippen LogP contribution in [0.2, 0.25) is 20.1 Å². The Balaban J connectivity index is 1.84. The smallest absolute Gasteiger partial charge is 0.0461 e. The van der Waals surface area contributed by atoms with Gasteiger partial charge in [-0.2, -0.15) is 0 Å². The largest absolute Gasteiger partial charge is 0.0889 e. The van der Waals surface area contributed by atoms with Gasteiger partial charge < -0.3 is 0 Å². The van der Waals surface area contributed by atoms with Gasteiger partial charge in [0.2, 0.25) is 0 Å². The van der Waals surface area contributed by atoms with Crippen LogP contribution in [-0.2, 0) is 11.5 Å². The predicted molar refractivity (Wildman–Crippen MR) is 95.5 cm³/mol. The van der Waals surface area contributed by atoms with E-state index in [2.05, 4.69) is 0 Å². The zero-order valence-electron chi connectivity index (χ0n) is 10.2. The van der Waals surface area contributed by atoms with Crippen LogP contribution in [0.25, 0.3) is 0 Å². The zero-order valence-corrected chi connectivity index (χ0v) is 14.9. The van der Waals surface area contributed by atoms with Crippen molar-refractivity contribution in [1.82, 2.24) is 0 Å². The van der Waals surface area contributed by atoms with Crippen LogP contribution in [0.5, 0.6) is 0 Å². The van der Waals surface area contributed by atoms with E-state index in [0.29, 0.717) is 20.1 Å². The molecule has 2 rings (SSSR count). The second kappa shape index (κ2) is 8.07. The Hall–Kier alpha value is 0.300. The van der Waals surface area contributed by atoms with Crippen LogP contribution in [0.3, 0.4) is 0 Å². The average molecular weight is 384 g/mol. The average Bonchev–Trinajstić information content (AvgIpc) is 2.39. The van der Waals surface area contributed by atoms with Gasteiger partial charge >= 0.3 is 0 Å². The summed E-state index contributed by atoms with van der Waals surface area (Å²) in [5.41, 5.74) is 2.16. The van der Waals surface area contributed by atoms with Crippen molar-refractivity contribution >= 4 is 68.0 Å². The fourth-order valence-corrected chi connectivity index (χ4v) is 4.78. The first-order valence-electron chi connectivity index (χ1n) is 5.68. The first-order chi connectivity index (χ1) is 9.56. The van der Waals surface area contributed by atoms with Crippen molar-refractivity contribution in [3.05, 3.63) is 67.6 Å². The molecule has 0 fully saturated rings. The molecule has 106 valence electrons. The van der Waals surface area contributed by atoms with E-state index in [1.807, 2.05) is 24.3 Å². The van der Waals surface area contributed by atoms with Gasteiger partial charge in [-0.25, -0.2) is 0 Å². The normalized spacial score (nSPS) is 10.8. The molecule has 0 saturated heterocycles. The lowest BCUT2D eigenvalue weighted by molar-refractivity contribution is 1.42. The highest BCUT2D eigenvalue weighted by Crippen LogP contribution is 2.34. The summed E-state index contributed by atoms with van der Waals surface area (Å²) in [5.74, 6) is 1.65. The van der Waals surface area contributed by atoms with Crippen LogP contribution in [-0.4, -0.2) is 0 Å². The monoisotopic (exact) mass is 382 g/mol. The van der Waals surface area contributed by atoms with Gasteiger partial charge in [0.25, 0.3) is 0 Å². The molecule has 0 aromatic heterocycles. The summed E-state index contributed by atoms with van der Waals surface area (Å²) in [7, 11) is 3.46. The number of hydrogen-bond acceptors (Lipinski definition) is 2. The zero-order chi connectivity index (χ0) is 14.5. The third-order valence-corrected chi connectivity index (χ3v) is 5.95. The molecule has 0 saturated carbocycles. The minimum absolute atomic E-state index is 0.657. The molecule has 0 N–H and O–H groups in total. The molecule has 0 unspecified atom stereocenters. The Bertz CT molecular complexity index is 548. The third kappa shape index (κ3) is 4.94. The minimum atomic E-state index is 0.657. The van der Waals surface area contributed by atoms with E-state index in [1.54, 1.807) is 33.7 Å². The van der Waals surface area contributed by atoms with Crippen LogP contribution >= 0.6 is 68.0 Å². The molecule has 0 bridgehead atoms. The molecular formula is C14H10Cl4S2. The van der Waals surface area contributed by atoms with Gasteiger partial charge in [0, 0.05) is 31.6 Å². The van der Waals surface area contributed by atoms with E-state index < -0.39 is 0 Å². The van der Waals surface area contributed by atoms with E-state index in [9.17, 15) is 0 Å². The van der Waals surface area contributed by atoms with E-state index in [-0.39, 0.29) is 0 Å². The van der Waals surface area contributed by atoms with Gasteiger partial charge in [-0.05, 0) is 35.4 Å². The highest BCUT2D eigenvalue weighted by molar-refractivity contribution is 8.76. The van der Waals surface area contributed by atoms with Crippen LogP contribution < -0.4 is 0 Å². The Morgan fingerprint density at radius 2 is 1.05 bits per heavy atom. The maximum atomic E-state index is 6.13. The predicted octanol–water partition coefficient (Wildman–Crippen LogP) is 7.38. The van der Waals surface area contributed by atoms with Crippen LogP contribution in [0.1, 0.15) is 11.1 Å². The third-order valence-electron chi connectivity index (χ3n) is 2.54. The Kier molecular flexibility index (Phi) is 6.73. The molecule has 0 aliphatic carbocycles. The van der Waals surface area contributed by atoms with Crippen molar-refractivity contribution in [1.29, 1.82) is 0 Å². The van der Waals surface area contributed by atoms with Crippen molar-refractivity contribution in [2.75, 3.05) is 0 Å². The maximum Gasteiger partial charge on any atom is 0.0461 e. The Morgan fingerprint density at radius 1 is 0.650 bits per heavy atom. The highest BCUT2D eigenvalue weighted by Gasteiger charge is 2.04. The quantitative estimate of drug-likeness (QED) is 0.390. The molecule has 0 nitrogen and oxygen atoms in total. The molecule has 0 radical (unpaired) electrons. The summed E-state index contributed by atoms with van der Waals surface area (Å²) in [4.78, 5) is 0. The lowest BCUT2D eigenvalue weighted by Crippen LogP contribution is -1.83. The summed E-state index contributed by atoms with van der Waals surface area (Å²) >= 11 is 24.0. The molecule has 2 aromatic carbocycles. The van der Waals surface area contributed by atoms with Gasteiger partial charge in [0.15, 0.2) is 0 Å². The van der Waals surface area contributed by atoms with Gasteiger partial charge in [-0.15, -0.1) is 0 Å². The van der Waals surface area contributed by atoms with Gasteiger partial charge in [0.05, 0.1) is 0 Å². The molecule has 2 aromatic rings. The minimum Gasteiger partial charge on any atom is -0.0889 e. The molecule has 0 amide bonds. The summed E-state index contributed by atoms with van der Waals surface area (Å²) in [5, 5.41) is 2.72. The fraction of sp³-hybridized carbons (Fsp3) is 0.143. The van der Waals surface area contributed by atoms with Crippen molar-refractivity contribution in [3.63, 3.8) is 0 Å². The summed E-state index contributed by atoms with van der Waals surface area (Å²) in [6.45, 7) is 0. The lowest BCUT2D eigenvalue weighted by atomic mass is 10.2. The second-order valence-corrected chi connectivity index (χ2v) is 8.15. The van der Waals surface area contributed by atoms with E-state index in [4.69, 9.17) is 46.4 Å². The SMILES string of the molecule is Clc1ccc(CSSCc2ccc(Cl)cc2Cl)c(Cl)c1. The number of rotatable bonds is 5. The standard InChI is InChI=1S/C14H10Cl4S2/c15-11-3-1-9(13(17)5-11)7-19-20-8-10-2-4-12(16)6-14(10)18/h1-6H,7-8H2. The molecule has 20 heavy (non-hydrogen) atoms. The molecule has 0 atom stereocenters. The van der Waals surface area contributed by atoms with Crippen LogP contribution in [0, 0.1) is 0 Å². The van der Waals surface area contributed by atoms with Gasteiger partial charge in [-0.3, -0.25) is 0 Å². The summed E-state index contributed by atoms with van der Waals surface area (Å²) in [6.07, 6.45) is 0. The number of halogens is 4. The van der Waals surface area contributed by atoms with Crippen molar-refractivity contribution < 1.29 is 0 Å². The topological polar surface area (TPSA) is 0 Å². The Morgan fingerprint density at radius 3 is 1.40 bits per heavy atom.